The highest BCUT2D eigenvalue weighted by atomic mass is 19.4. The molecule has 3 aromatic rings. The van der Waals surface area contributed by atoms with Gasteiger partial charge < -0.3 is 10.1 Å². The second-order valence-corrected chi connectivity index (χ2v) is 9.24. The summed E-state index contributed by atoms with van der Waals surface area (Å²) in [5, 5.41) is 2.94. The molecule has 0 bridgehead atoms. The Morgan fingerprint density at radius 2 is 1.72 bits per heavy atom. The van der Waals surface area contributed by atoms with E-state index in [1.165, 1.54) is 6.07 Å². The van der Waals surface area contributed by atoms with Crippen molar-refractivity contribution in [3.63, 3.8) is 0 Å². The number of ether oxygens (including phenoxy) is 1. The molecule has 0 aliphatic rings. The molecule has 0 spiro atoms. The van der Waals surface area contributed by atoms with E-state index < -0.39 is 23.6 Å². The summed E-state index contributed by atoms with van der Waals surface area (Å²) >= 11 is 0. The standard InChI is InChI=1S/C29H31F4NO2/c1-4-8-21-12-11-20(18-36-23-9-6-5-7-10-23)16-24(21)28(35)34-27(15-19(2)3)22-13-14-25(26(30)17-22)29(31,32)33/h5-7,9-14,16-17,19,27H,4,8,15,18H2,1-3H3,(H,34,35). The van der Waals surface area contributed by atoms with E-state index in [2.05, 4.69) is 5.32 Å². The molecule has 3 aromatic carbocycles. The van der Waals surface area contributed by atoms with Gasteiger partial charge in [-0.2, -0.15) is 13.2 Å². The van der Waals surface area contributed by atoms with Crippen LogP contribution in [0.3, 0.4) is 0 Å². The first-order valence-electron chi connectivity index (χ1n) is 12.1. The highest BCUT2D eigenvalue weighted by Crippen LogP contribution is 2.33. The normalized spacial score (nSPS) is 12.4. The van der Waals surface area contributed by atoms with Crippen LogP contribution in [0.1, 0.15) is 72.3 Å². The van der Waals surface area contributed by atoms with Crippen molar-refractivity contribution in [1.29, 1.82) is 0 Å². The first kappa shape index (κ1) is 27.2. The number of alkyl halides is 3. The number of benzene rings is 3. The van der Waals surface area contributed by atoms with Crippen molar-refractivity contribution in [1.82, 2.24) is 5.32 Å². The molecule has 0 aliphatic heterocycles. The van der Waals surface area contributed by atoms with Crippen molar-refractivity contribution in [2.45, 2.75) is 58.9 Å². The Morgan fingerprint density at radius 3 is 2.33 bits per heavy atom. The number of aryl methyl sites for hydroxylation is 1. The number of para-hydroxylation sites is 1. The van der Waals surface area contributed by atoms with Gasteiger partial charge in [-0.3, -0.25) is 4.79 Å². The molecule has 0 heterocycles. The Hall–Kier alpha value is -3.35. The van der Waals surface area contributed by atoms with Crippen LogP contribution in [0, 0.1) is 11.7 Å². The zero-order valence-corrected chi connectivity index (χ0v) is 20.7. The lowest BCUT2D eigenvalue weighted by atomic mass is 9.94. The van der Waals surface area contributed by atoms with Crippen molar-refractivity contribution >= 4 is 5.91 Å². The summed E-state index contributed by atoms with van der Waals surface area (Å²) in [4.78, 5) is 13.4. The van der Waals surface area contributed by atoms with Crippen LogP contribution < -0.4 is 10.1 Å². The Bertz CT molecular complexity index is 1160. The number of nitrogens with one attached hydrogen (secondary N) is 1. The van der Waals surface area contributed by atoms with Gasteiger partial charge in [0.1, 0.15) is 18.2 Å². The van der Waals surface area contributed by atoms with Crippen LogP contribution in [0.15, 0.2) is 66.7 Å². The van der Waals surface area contributed by atoms with Gasteiger partial charge in [0.05, 0.1) is 11.6 Å². The molecule has 0 saturated carbocycles. The molecular formula is C29H31F4NO2. The molecule has 0 aromatic heterocycles. The first-order valence-corrected chi connectivity index (χ1v) is 12.1. The number of rotatable bonds is 10. The van der Waals surface area contributed by atoms with Gasteiger partial charge in [-0.05, 0) is 65.8 Å². The van der Waals surface area contributed by atoms with E-state index in [1.807, 2.05) is 63.2 Å². The molecule has 36 heavy (non-hydrogen) atoms. The third-order valence-corrected chi connectivity index (χ3v) is 5.80. The van der Waals surface area contributed by atoms with Crippen molar-refractivity contribution in [2.75, 3.05) is 0 Å². The summed E-state index contributed by atoms with van der Waals surface area (Å²) < 4.78 is 59.2. The van der Waals surface area contributed by atoms with Crippen LogP contribution >= 0.6 is 0 Å². The van der Waals surface area contributed by atoms with Gasteiger partial charge in [0.2, 0.25) is 0 Å². The highest BCUT2D eigenvalue weighted by molar-refractivity contribution is 5.96. The van der Waals surface area contributed by atoms with E-state index in [0.717, 1.165) is 29.7 Å². The summed E-state index contributed by atoms with van der Waals surface area (Å²) in [6, 6.07) is 17.1. The number of hydrogen-bond donors (Lipinski definition) is 1. The van der Waals surface area contributed by atoms with E-state index in [0.29, 0.717) is 29.7 Å². The van der Waals surface area contributed by atoms with Crippen LogP contribution in [-0.2, 0) is 19.2 Å². The maximum Gasteiger partial charge on any atom is 0.419 e. The molecule has 1 atom stereocenters. The van der Waals surface area contributed by atoms with Gasteiger partial charge >= 0.3 is 6.18 Å². The number of carbonyl (C=O) groups is 1. The first-order chi connectivity index (χ1) is 17.1. The molecule has 1 unspecified atom stereocenters. The zero-order valence-electron chi connectivity index (χ0n) is 20.7. The van der Waals surface area contributed by atoms with Crippen molar-refractivity contribution in [3.8, 4) is 5.75 Å². The second-order valence-electron chi connectivity index (χ2n) is 9.24. The predicted octanol–water partition coefficient (Wildman–Crippen LogP) is 7.89. The monoisotopic (exact) mass is 501 g/mol. The number of amides is 1. The van der Waals surface area contributed by atoms with Gasteiger partial charge in [0, 0.05) is 5.56 Å². The van der Waals surface area contributed by atoms with Crippen LogP contribution in [0.5, 0.6) is 5.75 Å². The Balaban J connectivity index is 1.86. The fourth-order valence-electron chi connectivity index (χ4n) is 4.06. The van der Waals surface area contributed by atoms with E-state index >= 15 is 0 Å². The van der Waals surface area contributed by atoms with Crippen LogP contribution in [0.4, 0.5) is 17.6 Å². The van der Waals surface area contributed by atoms with Gasteiger partial charge in [-0.25, -0.2) is 4.39 Å². The lowest BCUT2D eigenvalue weighted by Gasteiger charge is -2.23. The smallest absolute Gasteiger partial charge is 0.419 e. The molecule has 1 amide bonds. The van der Waals surface area contributed by atoms with Gasteiger partial charge in [0.25, 0.3) is 5.91 Å². The molecule has 192 valence electrons. The fourth-order valence-corrected chi connectivity index (χ4v) is 4.06. The van der Waals surface area contributed by atoms with E-state index in [-0.39, 0.29) is 18.4 Å². The Labute approximate surface area is 209 Å². The van der Waals surface area contributed by atoms with Gasteiger partial charge in [0.15, 0.2) is 0 Å². The molecule has 0 radical (unpaired) electrons. The van der Waals surface area contributed by atoms with E-state index in [1.54, 1.807) is 6.07 Å². The minimum absolute atomic E-state index is 0.112. The molecule has 0 fully saturated rings. The van der Waals surface area contributed by atoms with Gasteiger partial charge in [-0.15, -0.1) is 0 Å². The lowest BCUT2D eigenvalue weighted by molar-refractivity contribution is -0.140. The number of halogens is 4. The summed E-state index contributed by atoms with van der Waals surface area (Å²) in [5.41, 5.74) is 1.12. The minimum atomic E-state index is -4.78. The fraction of sp³-hybridized carbons (Fsp3) is 0.345. The molecule has 0 saturated heterocycles. The Morgan fingerprint density at radius 1 is 1.00 bits per heavy atom. The maximum absolute atomic E-state index is 14.3. The third kappa shape index (κ3) is 7.33. The molecule has 1 N–H and O–H groups in total. The van der Waals surface area contributed by atoms with Gasteiger partial charge in [-0.1, -0.05) is 63.6 Å². The summed E-state index contributed by atoms with van der Waals surface area (Å²) in [6.45, 7) is 6.16. The largest absolute Gasteiger partial charge is 0.489 e. The van der Waals surface area contributed by atoms with Crippen LogP contribution in [0.2, 0.25) is 0 Å². The van der Waals surface area contributed by atoms with Crippen LogP contribution in [-0.4, -0.2) is 5.91 Å². The molecule has 3 rings (SSSR count). The maximum atomic E-state index is 14.3. The Kier molecular flexibility index (Phi) is 9.13. The summed E-state index contributed by atoms with van der Waals surface area (Å²) in [6.07, 6.45) is -2.82. The van der Waals surface area contributed by atoms with E-state index in [9.17, 15) is 22.4 Å². The van der Waals surface area contributed by atoms with E-state index in [4.69, 9.17) is 4.74 Å². The van der Waals surface area contributed by atoms with Crippen molar-refractivity contribution in [3.05, 3.63) is 100 Å². The average molecular weight is 502 g/mol. The van der Waals surface area contributed by atoms with Crippen LogP contribution in [0.25, 0.3) is 0 Å². The topological polar surface area (TPSA) is 38.3 Å². The number of carbonyl (C=O) groups excluding carboxylic acids is 1. The number of hydrogen-bond acceptors (Lipinski definition) is 2. The molecule has 3 nitrogen and oxygen atoms in total. The van der Waals surface area contributed by atoms with Crippen molar-refractivity contribution < 1.29 is 27.1 Å². The SMILES string of the molecule is CCCc1ccc(COc2ccccc2)cc1C(=O)NC(CC(C)C)c1ccc(C(F)(F)F)c(F)c1. The molecule has 0 aliphatic carbocycles. The summed E-state index contributed by atoms with van der Waals surface area (Å²) in [5.74, 6) is -0.885. The lowest BCUT2D eigenvalue weighted by Crippen LogP contribution is -2.30. The van der Waals surface area contributed by atoms with Crippen molar-refractivity contribution in [2.24, 2.45) is 5.92 Å². The second kappa shape index (κ2) is 12.1. The zero-order chi connectivity index (χ0) is 26.3. The highest BCUT2D eigenvalue weighted by Gasteiger charge is 2.34. The molecular weight excluding hydrogens is 470 g/mol. The minimum Gasteiger partial charge on any atom is -0.489 e. The quantitative estimate of drug-likeness (QED) is 0.287. The summed E-state index contributed by atoms with van der Waals surface area (Å²) in [7, 11) is 0. The molecule has 7 heteroatoms. The third-order valence-electron chi connectivity index (χ3n) is 5.80. The average Bonchev–Trinajstić information content (AvgIpc) is 2.82. The predicted molar refractivity (Wildman–Crippen MR) is 132 cm³/mol.